The van der Waals surface area contributed by atoms with E-state index in [2.05, 4.69) is 25.3 Å². The fourth-order valence-electron chi connectivity index (χ4n) is 2.86. The van der Waals surface area contributed by atoms with Gasteiger partial charge in [0.1, 0.15) is 17.8 Å². The number of aromatic nitrogens is 3. The maximum Gasteiger partial charge on any atom is 0.410 e. The summed E-state index contributed by atoms with van der Waals surface area (Å²) >= 11 is 0. The molecule has 1 aromatic heterocycles. The van der Waals surface area contributed by atoms with Crippen LogP contribution < -0.4 is 5.32 Å². The van der Waals surface area contributed by atoms with Crippen LogP contribution in [0.1, 0.15) is 26.6 Å². The van der Waals surface area contributed by atoms with Crippen LogP contribution in [0.2, 0.25) is 0 Å². The van der Waals surface area contributed by atoms with E-state index < -0.39 is 5.60 Å². The Hall–Kier alpha value is -2.32. The van der Waals surface area contributed by atoms with Crippen molar-refractivity contribution in [1.82, 2.24) is 29.9 Å². The molecule has 132 valence electrons. The summed E-state index contributed by atoms with van der Waals surface area (Å²) in [7, 11) is 1.86. The Kier molecular flexibility index (Phi) is 4.33. The average molecular weight is 335 g/mol. The Bertz CT molecular complexity index is 634. The van der Waals surface area contributed by atoms with E-state index in [0.717, 1.165) is 18.3 Å². The summed E-state index contributed by atoms with van der Waals surface area (Å²) in [6.07, 6.45) is 1.29. The molecule has 0 aliphatic carbocycles. The van der Waals surface area contributed by atoms with Crippen molar-refractivity contribution in [2.75, 3.05) is 26.2 Å². The van der Waals surface area contributed by atoms with Gasteiger partial charge in [-0.3, -0.25) is 9.67 Å². The first-order valence-corrected chi connectivity index (χ1v) is 8.19. The molecule has 1 fully saturated rings. The van der Waals surface area contributed by atoms with E-state index in [1.54, 1.807) is 9.58 Å². The molecular formula is C15H25N7O2. The summed E-state index contributed by atoms with van der Waals surface area (Å²) in [6, 6.07) is 0.202. The van der Waals surface area contributed by atoms with Gasteiger partial charge in [0.05, 0.1) is 19.1 Å². The van der Waals surface area contributed by atoms with Gasteiger partial charge < -0.3 is 19.9 Å². The van der Waals surface area contributed by atoms with Gasteiger partial charge in [0.2, 0.25) is 0 Å². The Morgan fingerprint density at radius 1 is 1.42 bits per heavy atom. The molecule has 3 rings (SSSR count). The molecule has 0 bridgehead atoms. The van der Waals surface area contributed by atoms with Crippen molar-refractivity contribution in [1.29, 1.82) is 0 Å². The molecule has 1 N–H and O–H groups in total. The average Bonchev–Trinajstić information content (AvgIpc) is 3.09. The number of hydrogen-bond donors (Lipinski definition) is 1. The minimum absolute atomic E-state index is 0.202. The third kappa shape index (κ3) is 3.60. The molecule has 9 nitrogen and oxygen atoms in total. The number of amides is 1. The van der Waals surface area contributed by atoms with E-state index in [1.807, 2.05) is 27.8 Å². The number of nitrogens with one attached hydrogen (secondary N) is 1. The molecule has 0 spiro atoms. The molecule has 2 aliphatic rings. The molecule has 3 heterocycles. The van der Waals surface area contributed by atoms with E-state index in [-0.39, 0.29) is 12.1 Å². The zero-order valence-corrected chi connectivity index (χ0v) is 14.7. The molecule has 0 radical (unpaired) electrons. The maximum absolute atomic E-state index is 12.2. The van der Waals surface area contributed by atoms with Crippen molar-refractivity contribution in [2.24, 2.45) is 12.0 Å². The third-order valence-electron chi connectivity index (χ3n) is 4.07. The van der Waals surface area contributed by atoms with Gasteiger partial charge in [-0.25, -0.2) is 9.78 Å². The van der Waals surface area contributed by atoms with Crippen LogP contribution >= 0.6 is 0 Å². The normalized spacial score (nSPS) is 20.7. The first-order chi connectivity index (χ1) is 11.3. The Balaban J connectivity index is 1.53. The van der Waals surface area contributed by atoms with Gasteiger partial charge in [-0.2, -0.15) is 5.10 Å². The lowest BCUT2D eigenvalue weighted by atomic mass is 10.2. The number of ether oxygens (including phenoxy) is 1. The van der Waals surface area contributed by atoms with E-state index >= 15 is 0 Å². The van der Waals surface area contributed by atoms with E-state index in [9.17, 15) is 4.79 Å². The summed E-state index contributed by atoms with van der Waals surface area (Å²) in [4.78, 5) is 25.0. The Morgan fingerprint density at radius 2 is 2.21 bits per heavy atom. The minimum atomic E-state index is -0.469. The van der Waals surface area contributed by atoms with Crippen LogP contribution in [-0.4, -0.2) is 74.4 Å². The first kappa shape index (κ1) is 16.5. The summed E-state index contributed by atoms with van der Waals surface area (Å²) in [5, 5.41) is 7.38. The van der Waals surface area contributed by atoms with E-state index in [1.165, 1.54) is 6.33 Å². The highest BCUT2D eigenvalue weighted by atomic mass is 16.6. The molecule has 1 atom stereocenters. The molecule has 1 aromatic rings. The van der Waals surface area contributed by atoms with Gasteiger partial charge in [-0.15, -0.1) is 0 Å². The molecule has 2 aliphatic heterocycles. The standard InChI is InChI=1S/C15H25N7O2/c1-15(2,3)24-14(23)21-5-6-22-11(9-21)7-16-13(22)17-8-12-18-10-19-20(12)4/h10-11H,5-9H2,1-4H3,(H,16,17). The lowest BCUT2D eigenvalue weighted by molar-refractivity contribution is 0.0137. The zero-order valence-electron chi connectivity index (χ0n) is 14.7. The van der Waals surface area contributed by atoms with Gasteiger partial charge in [0.25, 0.3) is 0 Å². The predicted octanol–water partition coefficient (Wildman–Crippen LogP) is 0.196. The summed E-state index contributed by atoms with van der Waals surface area (Å²) in [5.41, 5.74) is -0.469. The molecule has 0 saturated carbocycles. The number of guanidine groups is 1. The van der Waals surface area contributed by atoms with Gasteiger partial charge in [-0.05, 0) is 20.8 Å². The van der Waals surface area contributed by atoms with Crippen molar-refractivity contribution in [3.63, 3.8) is 0 Å². The number of nitrogens with zero attached hydrogens (tertiary/aromatic N) is 6. The number of fused-ring (bicyclic) bond motifs is 1. The van der Waals surface area contributed by atoms with Gasteiger partial charge in [0.15, 0.2) is 5.96 Å². The fraction of sp³-hybridized carbons (Fsp3) is 0.733. The molecule has 1 saturated heterocycles. The molecule has 9 heteroatoms. The highest BCUT2D eigenvalue weighted by Crippen LogP contribution is 2.18. The second-order valence-electron chi connectivity index (χ2n) is 7.09. The van der Waals surface area contributed by atoms with E-state index in [0.29, 0.717) is 26.2 Å². The van der Waals surface area contributed by atoms with Crippen molar-refractivity contribution in [3.8, 4) is 0 Å². The van der Waals surface area contributed by atoms with Crippen LogP contribution in [-0.2, 0) is 18.3 Å². The second kappa shape index (κ2) is 6.29. The first-order valence-electron chi connectivity index (χ1n) is 8.19. The molecule has 1 unspecified atom stereocenters. The topological polar surface area (TPSA) is 87.9 Å². The Labute approximate surface area is 141 Å². The Morgan fingerprint density at radius 3 is 2.88 bits per heavy atom. The highest BCUT2D eigenvalue weighted by Gasteiger charge is 2.36. The number of rotatable bonds is 2. The number of carbonyl (C=O) groups excluding carboxylic acids is 1. The number of piperazine rings is 1. The van der Waals surface area contributed by atoms with Crippen molar-refractivity contribution < 1.29 is 9.53 Å². The number of carbonyl (C=O) groups is 1. The summed E-state index contributed by atoms with van der Waals surface area (Å²) in [5.74, 6) is 1.72. The summed E-state index contributed by atoms with van der Waals surface area (Å²) < 4.78 is 7.20. The smallest absolute Gasteiger partial charge is 0.410 e. The van der Waals surface area contributed by atoms with Crippen LogP contribution in [0.25, 0.3) is 0 Å². The lowest BCUT2D eigenvalue weighted by Crippen LogP contribution is -2.57. The van der Waals surface area contributed by atoms with Crippen LogP contribution in [0.15, 0.2) is 11.3 Å². The summed E-state index contributed by atoms with van der Waals surface area (Å²) in [6.45, 7) is 8.92. The number of aliphatic imine (C=N–C) groups is 1. The highest BCUT2D eigenvalue weighted by molar-refractivity contribution is 5.82. The second-order valence-corrected chi connectivity index (χ2v) is 7.09. The quantitative estimate of drug-likeness (QED) is 0.830. The van der Waals surface area contributed by atoms with Crippen LogP contribution in [0, 0.1) is 0 Å². The van der Waals surface area contributed by atoms with Crippen LogP contribution in [0.4, 0.5) is 4.79 Å². The maximum atomic E-state index is 12.2. The zero-order chi connectivity index (χ0) is 17.3. The lowest BCUT2D eigenvalue weighted by Gasteiger charge is -2.39. The SMILES string of the molecule is Cn1ncnc1CNC1=NCC2CN(C(=O)OC(C)(C)C)CCN12. The van der Waals surface area contributed by atoms with Crippen LogP contribution in [0.5, 0.6) is 0 Å². The van der Waals surface area contributed by atoms with Crippen molar-refractivity contribution in [2.45, 2.75) is 39.0 Å². The van der Waals surface area contributed by atoms with Crippen molar-refractivity contribution in [3.05, 3.63) is 12.2 Å². The van der Waals surface area contributed by atoms with Gasteiger partial charge in [-0.1, -0.05) is 0 Å². The van der Waals surface area contributed by atoms with Crippen LogP contribution in [0.3, 0.4) is 0 Å². The third-order valence-corrected chi connectivity index (χ3v) is 4.07. The molecular weight excluding hydrogens is 310 g/mol. The molecule has 24 heavy (non-hydrogen) atoms. The monoisotopic (exact) mass is 335 g/mol. The molecule has 0 aromatic carbocycles. The number of hydrogen-bond acceptors (Lipinski definition) is 7. The van der Waals surface area contributed by atoms with Gasteiger partial charge in [0, 0.05) is 26.7 Å². The minimum Gasteiger partial charge on any atom is -0.444 e. The number of aryl methyl sites for hydroxylation is 1. The fourth-order valence-corrected chi connectivity index (χ4v) is 2.86. The largest absolute Gasteiger partial charge is 0.444 e. The van der Waals surface area contributed by atoms with Gasteiger partial charge >= 0.3 is 6.09 Å². The van der Waals surface area contributed by atoms with E-state index in [4.69, 9.17) is 4.74 Å². The predicted molar refractivity (Wildman–Crippen MR) is 88.4 cm³/mol. The van der Waals surface area contributed by atoms with Crippen molar-refractivity contribution >= 4 is 12.1 Å². The molecule has 1 amide bonds.